The van der Waals surface area contributed by atoms with E-state index >= 15 is 0 Å². The summed E-state index contributed by atoms with van der Waals surface area (Å²) in [4.78, 5) is 0. The number of aliphatic hydroxyl groups excluding tert-OH is 7. The van der Waals surface area contributed by atoms with Gasteiger partial charge in [0.05, 0.1) is 13.2 Å². The first-order chi connectivity index (χ1) is 13.3. The van der Waals surface area contributed by atoms with Crippen molar-refractivity contribution >= 4 is 15.9 Å². The number of rotatable bonds is 9. The molecule has 28 heavy (non-hydrogen) atoms. The monoisotopic (exact) mass is 476 g/mol. The Morgan fingerprint density at radius 3 is 1.93 bits per heavy atom. The van der Waals surface area contributed by atoms with E-state index in [1.54, 1.807) is 0 Å². The van der Waals surface area contributed by atoms with E-state index in [0.717, 1.165) is 11.8 Å². The summed E-state index contributed by atoms with van der Waals surface area (Å²) in [5.41, 5.74) is 0. The van der Waals surface area contributed by atoms with Crippen molar-refractivity contribution in [3.8, 4) is 0 Å². The van der Waals surface area contributed by atoms with Crippen LogP contribution in [-0.2, 0) is 18.9 Å². The minimum Gasteiger partial charge on any atom is -0.394 e. The first-order valence-electron chi connectivity index (χ1n) is 9.11. The van der Waals surface area contributed by atoms with E-state index in [-0.39, 0.29) is 6.61 Å². The van der Waals surface area contributed by atoms with E-state index in [0.29, 0.717) is 6.42 Å². The summed E-state index contributed by atoms with van der Waals surface area (Å²) >= 11 is 3.29. The SMILES string of the molecule is OC[C@H]1O[C@@H](O[C@H]2[C@H](O)[C@@H](O)[C@@H](OCCCCBr)O[C@@H]2CO)[C@H](O)[C@@H](O)[C@H]1O. The van der Waals surface area contributed by atoms with Crippen LogP contribution < -0.4 is 0 Å². The highest BCUT2D eigenvalue weighted by atomic mass is 79.9. The van der Waals surface area contributed by atoms with Crippen LogP contribution in [0.2, 0.25) is 0 Å². The molecule has 2 saturated heterocycles. The molecule has 0 aromatic rings. The van der Waals surface area contributed by atoms with Crippen molar-refractivity contribution in [1.82, 2.24) is 0 Å². The molecular weight excluding hydrogens is 448 g/mol. The lowest BCUT2D eigenvalue weighted by molar-refractivity contribution is -0.359. The van der Waals surface area contributed by atoms with Gasteiger partial charge in [0, 0.05) is 11.9 Å². The zero-order valence-electron chi connectivity index (χ0n) is 15.2. The number of ether oxygens (including phenoxy) is 4. The molecule has 0 aromatic heterocycles. The molecule has 0 saturated carbocycles. The van der Waals surface area contributed by atoms with Crippen LogP contribution in [0.4, 0.5) is 0 Å². The lowest BCUT2D eigenvalue weighted by Crippen LogP contribution is -2.64. The third-order valence-corrected chi connectivity index (χ3v) is 5.33. The normalized spacial score (nSPS) is 44.6. The maximum atomic E-state index is 10.4. The molecule has 166 valence electrons. The van der Waals surface area contributed by atoms with Gasteiger partial charge < -0.3 is 54.7 Å². The van der Waals surface area contributed by atoms with Gasteiger partial charge in [0.15, 0.2) is 12.6 Å². The molecule has 0 radical (unpaired) electrons. The van der Waals surface area contributed by atoms with Gasteiger partial charge in [-0.1, -0.05) is 15.9 Å². The summed E-state index contributed by atoms with van der Waals surface area (Å²) in [5, 5.41) is 70.0. The average Bonchev–Trinajstić information content (AvgIpc) is 2.70. The second-order valence-corrected chi connectivity index (χ2v) is 7.56. The summed E-state index contributed by atoms with van der Waals surface area (Å²) < 4.78 is 21.6. The lowest BCUT2D eigenvalue weighted by Gasteiger charge is -2.45. The van der Waals surface area contributed by atoms with Crippen molar-refractivity contribution in [2.45, 2.75) is 74.3 Å². The van der Waals surface area contributed by atoms with Gasteiger partial charge in [-0.15, -0.1) is 0 Å². The van der Waals surface area contributed by atoms with Crippen LogP contribution >= 0.6 is 15.9 Å². The molecule has 12 heteroatoms. The Morgan fingerprint density at radius 2 is 1.32 bits per heavy atom. The molecular formula is C16H29BrO11. The fraction of sp³-hybridized carbons (Fsp3) is 1.00. The highest BCUT2D eigenvalue weighted by Gasteiger charge is 2.50. The number of hydrogen-bond donors (Lipinski definition) is 7. The van der Waals surface area contributed by atoms with Crippen molar-refractivity contribution in [3.63, 3.8) is 0 Å². The Balaban J connectivity index is 2.02. The number of aliphatic hydroxyl groups is 7. The van der Waals surface area contributed by atoms with Gasteiger partial charge in [-0.05, 0) is 12.8 Å². The third-order valence-electron chi connectivity index (χ3n) is 4.77. The van der Waals surface area contributed by atoms with E-state index in [4.69, 9.17) is 18.9 Å². The fourth-order valence-electron chi connectivity index (χ4n) is 3.09. The van der Waals surface area contributed by atoms with Gasteiger partial charge >= 0.3 is 0 Å². The molecule has 0 aliphatic carbocycles. The number of unbranched alkanes of at least 4 members (excludes halogenated alkanes) is 1. The van der Waals surface area contributed by atoms with Gasteiger partial charge in [-0.3, -0.25) is 0 Å². The first kappa shape index (κ1) is 24.3. The average molecular weight is 477 g/mol. The summed E-state index contributed by atoms with van der Waals surface area (Å²) in [6.45, 7) is -0.964. The minimum atomic E-state index is -1.69. The topological polar surface area (TPSA) is 179 Å². The minimum absolute atomic E-state index is 0.274. The molecule has 0 bridgehead atoms. The quantitative estimate of drug-likeness (QED) is 0.131. The second-order valence-electron chi connectivity index (χ2n) is 6.77. The van der Waals surface area contributed by atoms with E-state index in [1.165, 1.54) is 0 Å². The van der Waals surface area contributed by atoms with Crippen molar-refractivity contribution in [2.75, 3.05) is 25.2 Å². The maximum Gasteiger partial charge on any atom is 0.187 e. The Hall–Kier alpha value is 0.0400. The van der Waals surface area contributed by atoms with Crippen LogP contribution in [0.25, 0.3) is 0 Å². The lowest BCUT2D eigenvalue weighted by atomic mass is 9.97. The predicted molar refractivity (Wildman–Crippen MR) is 95.4 cm³/mol. The third kappa shape index (κ3) is 5.59. The molecule has 2 fully saturated rings. The molecule has 0 unspecified atom stereocenters. The Morgan fingerprint density at radius 1 is 0.714 bits per heavy atom. The molecule has 10 atom stereocenters. The summed E-state index contributed by atoms with van der Waals surface area (Å²) in [7, 11) is 0. The number of hydrogen-bond acceptors (Lipinski definition) is 11. The van der Waals surface area contributed by atoms with Crippen LogP contribution in [0.1, 0.15) is 12.8 Å². The van der Waals surface area contributed by atoms with Gasteiger partial charge in [-0.2, -0.15) is 0 Å². The first-order valence-corrected chi connectivity index (χ1v) is 10.2. The molecule has 0 aromatic carbocycles. The van der Waals surface area contributed by atoms with E-state index in [1.807, 2.05) is 0 Å². The van der Waals surface area contributed by atoms with Crippen LogP contribution in [0.5, 0.6) is 0 Å². The van der Waals surface area contributed by atoms with Gasteiger partial charge in [0.2, 0.25) is 0 Å². The van der Waals surface area contributed by atoms with Crippen LogP contribution in [0.3, 0.4) is 0 Å². The zero-order chi connectivity index (χ0) is 20.8. The van der Waals surface area contributed by atoms with Crippen molar-refractivity contribution in [3.05, 3.63) is 0 Å². The highest BCUT2D eigenvalue weighted by Crippen LogP contribution is 2.29. The molecule has 0 spiro atoms. The predicted octanol–water partition coefficient (Wildman–Crippen LogP) is -3.20. The highest BCUT2D eigenvalue weighted by molar-refractivity contribution is 9.09. The zero-order valence-corrected chi connectivity index (χ0v) is 16.7. The molecule has 11 nitrogen and oxygen atoms in total. The smallest absolute Gasteiger partial charge is 0.187 e. The van der Waals surface area contributed by atoms with Crippen LogP contribution in [-0.4, -0.2) is 122 Å². The number of alkyl halides is 1. The van der Waals surface area contributed by atoms with Crippen molar-refractivity contribution < 1.29 is 54.7 Å². The van der Waals surface area contributed by atoms with Gasteiger partial charge in [0.1, 0.15) is 48.8 Å². The van der Waals surface area contributed by atoms with Crippen molar-refractivity contribution in [2.24, 2.45) is 0 Å². The number of halogens is 1. The molecule has 7 N–H and O–H groups in total. The molecule has 2 rings (SSSR count). The largest absolute Gasteiger partial charge is 0.394 e. The molecule has 2 heterocycles. The van der Waals surface area contributed by atoms with E-state index in [2.05, 4.69) is 15.9 Å². The second kappa shape index (κ2) is 11.4. The summed E-state index contributed by atoms with van der Waals surface area (Å²) in [6, 6.07) is 0. The maximum absolute atomic E-state index is 10.4. The van der Waals surface area contributed by atoms with Gasteiger partial charge in [-0.25, -0.2) is 0 Å². The molecule has 2 aliphatic heterocycles. The summed E-state index contributed by atoms with van der Waals surface area (Å²) in [5.74, 6) is 0. The Bertz CT molecular complexity index is 454. The Labute approximate surface area is 170 Å². The van der Waals surface area contributed by atoms with Crippen molar-refractivity contribution in [1.29, 1.82) is 0 Å². The molecule has 0 amide bonds. The van der Waals surface area contributed by atoms with E-state index < -0.39 is 74.6 Å². The summed E-state index contributed by atoms with van der Waals surface area (Å²) in [6.07, 6.45) is -12.8. The Kier molecular flexibility index (Phi) is 9.93. The van der Waals surface area contributed by atoms with Gasteiger partial charge in [0.25, 0.3) is 0 Å². The standard InChI is InChI=1S/C16H29BrO11/c17-3-1-2-4-25-15-13(24)11(22)14(8(6-19)27-15)28-16-12(23)10(21)9(20)7(5-18)26-16/h7-16,18-24H,1-6H2/t7-,8-,9+,10+,11-,12-,13-,14-,15+,16+/m1/s1. The van der Waals surface area contributed by atoms with Crippen LogP contribution in [0, 0.1) is 0 Å². The fourth-order valence-corrected chi connectivity index (χ4v) is 3.49. The van der Waals surface area contributed by atoms with Crippen LogP contribution in [0.15, 0.2) is 0 Å². The molecule has 2 aliphatic rings. The van der Waals surface area contributed by atoms with E-state index in [9.17, 15) is 35.7 Å².